The van der Waals surface area contributed by atoms with Crippen molar-refractivity contribution in [2.75, 3.05) is 19.6 Å². The molecule has 1 aromatic rings. The lowest BCUT2D eigenvalue weighted by Gasteiger charge is -2.29. The lowest BCUT2D eigenvalue weighted by molar-refractivity contribution is 0.220. The van der Waals surface area contributed by atoms with Crippen LogP contribution < -0.4 is 11.1 Å². The van der Waals surface area contributed by atoms with Crippen LogP contribution in [0.4, 0.5) is 0 Å². The van der Waals surface area contributed by atoms with E-state index >= 15 is 0 Å². The molecule has 0 aliphatic rings. The maximum atomic E-state index is 6.00. The Morgan fingerprint density at radius 3 is 2.27 bits per heavy atom. The number of hydrogen-bond donors (Lipinski definition) is 2. The van der Waals surface area contributed by atoms with E-state index in [9.17, 15) is 0 Å². The van der Waals surface area contributed by atoms with Crippen LogP contribution in [0.1, 0.15) is 40.2 Å². The Morgan fingerprint density at radius 2 is 1.77 bits per heavy atom. The van der Waals surface area contributed by atoms with Gasteiger partial charge >= 0.3 is 0 Å². The minimum atomic E-state index is -0.0578. The van der Waals surface area contributed by atoms with Crippen molar-refractivity contribution in [3.05, 3.63) is 35.9 Å². The molecule has 1 atom stereocenters. The second-order valence-electron chi connectivity index (χ2n) is 6.67. The fourth-order valence-electron chi connectivity index (χ4n) is 2.56. The highest BCUT2D eigenvalue weighted by Crippen LogP contribution is 2.10. The summed E-state index contributed by atoms with van der Waals surface area (Å²) in [6.45, 7) is 13.4. The van der Waals surface area contributed by atoms with Gasteiger partial charge in [-0.1, -0.05) is 44.2 Å². The number of benzene rings is 1. The van der Waals surface area contributed by atoms with Gasteiger partial charge in [-0.15, -0.1) is 0 Å². The molecule has 0 fully saturated rings. The molecule has 1 unspecified atom stereocenters. The molecule has 1 rings (SSSR count). The summed E-state index contributed by atoms with van der Waals surface area (Å²) in [5, 5.41) is 3.22. The number of nitrogens with one attached hydrogen (secondary N) is 1. The van der Waals surface area contributed by atoms with E-state index in [-0.39, 0.29) is 5.54 Å². The van der Waals surface area contributed by atoms with E-state index in [0.29, 0.717) is 18.5 Å². The molecule has 0 aliphatic carbocycles. The molecule has 4 heteroatoms. The van der Waals surface area contributed by atoms with Crippen LogP contribution in [0.15, 0.2) is 35.3 Å². The summed E-state index contributed by atoms with van der Waals surface area (Å²) in [6.07, 6.45) is 0.995. The highest BCUT2D eigenvalue weighted by molar-refractivity contribution is 5.78. The summed E-state index contributed by atoms with van der Waals surface area (Å²) in [6, 6.07) is 11.0. The van der Waals surface area contributed by atoms with Crippen LogP contribution in [-0.4, -0.2) is 42.1 Å². The average Bonchev–Trinajstić information content (AvgIpc) is 2.45. The minimum Gasteiger partial charge on any atom is -0.370 e. The van der Waals surface area contributed by atoms with E-state index in [1.807, 2.05) is 0 Å². The fourth-order valence-corrected chi connectivity index (χ4v) is 2.56. The normalized spacial score (nSPS) is 14.2. The van der Waals surface area contributed by atoms with Crippen molar-refractivity contribution in [3.63, 3.8) is 0 Å². The maximum Gasteiger partial charge on any atom is 0.189 e. The second-order valence-corrected chi connectivity index (χ2v) is 6.67. The largest absolute Gasteiger partial charge is 0.370 e. The van der Waals surface area contributed by atoms with Gasteiger partial charge in [0.15, 0.2) is 5.96 Å². The number of nitrogens with zero attached hydrogens (tertiary/aromatic N) is 2. The molecule has 0 saturated carbocycles. The second kappa shape index (κ2) is 8.79. The van der Waals surface area contributed by atoms with Crippen LogP contribution >= 0.6 is 0 Å². The lowest BCUT2D eigenvalue weighted by atomic mass is 10.0. The summed E-state index contributed by atoms with van der Waals surface area (Å²) < 4.78 is 0. The molecular formula is C18H32N4. The molecule has 0 bridgehead atoms. The van der Waals surface area contributed by atoms with Gasteiger partial charge in [-0.2, -0.15) is 0 Å². The monoisotopic (exact) mass is 304 g/mol. The van der Waals surface area contributed by atoms with Gasteiger partial charge < -0.3 is 11.1 Å². The molecule has 1 aromatic carbocycles. The SMILES string of the molecule is CCN(CC)C(CN=C(N)NC(C)(C)C)Cc1ccccc1. The van der Waals surface area contributed by atoms with Crippen LogP contribution in [0.5, 0.6) is 0 Å². The zero-order chi connectivity index (χ0) is 16.6. The van der Waals surface area contributed by atoms with Gasteiger partial charge in [-0.3, -0.25) is 9.89 Å². The van der Waals surface area contributed by atoms with Gasteiger partial charge in [0.05, 0.1) is 6.54 Å². The third-order valence-corrected chi connectivity index (χ3v) is 3.62. The van der Waals surface area contributed by atoms with Crippen molar-refractivity contribution in [2.45, 2.75) is 52.6 Å². The van der Waals surface area contributed by atoms with Gasteiger partial charge in [0.25, 0.3) is 0 Å². The Kier molecular flexibility index (Phi) is 7.39. The van der Waals surface area contributed by atoms with E-state index in [1.54, 1.807) is 0 Å². The highest BCUT2D eigenvalue weighted by Gasteiger charge is 2.17. The van der Waals surface area contributed by atoms with Crippen molar-refractivity contribution in [2.24, 2.45) is 10.7 Å². The predicted octanol–water partition coefficient (Wildman–Crippen LogP) is 2.64. The fraction of sp³-hybridized carbons (Fsp3) is 0.611. The first-order valence-electron chi connectivity index (χ1n) is 8.21. The van der Waals surface area contributed by atoms with E-state index < -0.39 is 0 Å². The van der Waals surface area contributed by atoms with Crippen LogP contribution in [0.2, 0.25) is 0 Å². The molecular weight excluding hydrogens is 272 g/mol. The van der Waals surface area contributed by atoms with E-state index in [1.165, 1.54) is 5.56 Å². The smallest absolute Gasteiger partial charge is 0.189 e. The number of aliphatic imine (C=N–C) groups is 1. The summed E-state index contributed by atoms with van der Waals surface area (Å²) in [4.78, 5) is 7.01. The van der Waals surface area contributed by atoms with Crippen molar-refractivity contribution >= 4 is 5.96 Å². The topological polar surface area (TPSA) is 53.6 Å². The molecule has 0 aromatic heterocycles. The van der Waals surface area contributed by atoms with Gasteiger partial charge in [0, 0.05) is 11.6 Å². The van der Waals surface area contributed by atoms with E-state index in [0.717, 1.165) is 19.5 Å². The molecule has 3 N–H and O–H groups in total. The van der Waals surface area contributed by atoms with E-state index in [4.69, 9.17) is 5.73 Å². The third-order valence-electron chi connectivity index (χ3n) is 3.62. The molecule has 0 aliphatic heterocycles. The van der Waals surface area contributed by atoms with Crippen molar-refractivity contribution in [1.29, 1.82) is 0 Å². The highest BCUT2D eigenvalue weighted by atomic mass is 15.2. The number of guanidine groups is 1. The third kappa shape index (κ3) is 6.94. The number of nitrogens with two attached hydrogens (primary N) is 1. The lowest BCUT2D eigenvalue weighted by Crippen LogP contribution is -2.46. The van der Waals surface area contributed by atoms with Crippen molar-refractivity contribution < 1.29 is 0 Å². The molecule has 0 heterocycles. The molecule has 0 amide bonds. The maximum absolute atomic E-state index is 6.00. The van der Waals surface area contributed by atoms with Crippen LogP contribution in [0.3, 0.4) is 0 Å². The van der Waals surface area contributed by atoms with Crippen molar-refractivity contribution in [3.8, 4) is 0 Å². The zero-order valence-electron chi connectivity index (χ0n) is 14.8. The average molecular weight is 304 g/mol. The standard InChI is InChI=1S/C18H32N4/c1-6-22(7-2)16(13-15-11-9-8-10-12-15)14-20-17(19)21-18(3,4)5/h8-12,16H,6-7,13-14H2,1-5H3,(H3,19,20,21). The first kappa shape index (κ1) is 18.5. The molecule has 0 saturated heterocycles. The van der Waals surface area contributed by atoms with Gasteiger partial charge in [-0.25, -0.2) is 0 Å². The van der Waals surface area contributed by atoms with Gasteiger partial charge in [-0.05, 0) is 45.8 Å². The Morgan fingerprint density at radius 1 is 1.18 bits per heavy atom. The van der Waals surface area contributed by atoms with Crippen LogP contribution in [-0.2, 0) is 6.42 Å². The summed E-state index contributed by atoms with van der Waals surface area (Å²) in [5.41, 5.74) is 7.29. The Hall–Kier alpha value is -1.55. The predicted molar refractivity (Wildman–Crippen MR) is 96.2 cm³/mol. The molecule has 22 heavy (non-hydrogen) atoms. The summed E-state index contributed by atoms with van der Waals surface area (Å²) >= 11 is 0. The number of hydrogen-bond acceptors (Lipinski definition) is 2. The Labute approximate surface area is 135 Å². The first-order chi connectivity index (χ1) is 10.4. The quantitative estimate of drug-likeness (QED) is 0.601. The molecule has 124 valence electrons. The van der Waals surface area contributed by atoms with Crippen LogP contribution in [0, 0.1) is 0 Å². The van der Waals surface area contributed by atoms with Gasteiger partial charge in [0.1, 0.15) is 0 Å². The van der Waals surface area contributed by atoms with Crippen LogP contribution in [0.25, 0.3) is 0 Å². The number of likely N-dealkylation sites (N-methyl/N-ethyl adjacent to an activating group) is 1. The minimum absolute atomic E-state index is 0.0578. The summed E-state index contributed by atoms with van der Waals surface area (Å²) in [5.74, 6) is 0.526. The molecule has 4 nitrogen and oxygen atoms in total. The zero-order valence-corrected chi connectivity index (χ0v) is 14.8. The first-order valence-corrected chi connectivity index (χ1v) is 8.21. The van der Waals surface area contributed by atoms with E-state index in [2.05, 4.69) is 80.2 Å². The summed E-state index contributed by atoms with van der Waals surface area (Å²) in [7, 11) is 0. The van der Waals surface area contributed by atoms with Crippen molar-refractivity contribution in [1.82, 2.24) is 10.2 Å². The number of rotatable bonds is 7. The molecule has 0 radical (unpaired) electrons. The Balaban J connectivity index is 2.76. The Bertz CT molecular complexity index is 444. The molecule has 0 spiro atoms. The van der Waals surface area contributed by atoms with Gasteiger partial charge in [0.2, 0.25) is 0 Å².